The van der Waals surface area contributed by atoms with Crippen LogP contribution in [0.25, 0.3) is 0 Å². The predicted octanol–water partition coefficient (Wildman–Crippen LogP) is 3.92. The molecule has 0 aromatic rings. The van der Waals surface area contributed by atoms with E-state index in [0.29, 0.717) is 0 Å². The van der Waals surface area contributed by atoms with Crippen LogP contribution in [0.1, 0.15) is 47.5 Å². The zero-order valence-corrected chi connectivity index (χ0v) is 10.0. The zero-order valence-electron chi connectivity index (χ0n) is 10.0. The minimum Gasteiger partial charge on any atom is -0.198 e. The summed E-state index contributed by atoms with van der Waals surface area (Å²) < 4.78 is 0. The smallest absolute Gasteiger partial charge is 0.0703 e. The Morgan fingerprint density at radius 1 is 1.43 bits per heavy atom. The molecular weight excluding hydrogens is 170 g/mol. The van der Waals surface area contributed by atoms with Gasteiger partial charge in [-0.15, -0.1) is 0 Å². The van der Waals surface area contributed by atoms with Gasteiger partial charge in [0.05, 0.1) is 12.0 Å². The summed E-state index contributed by atoms with van der Waals surface area (Å²) in [5, 5.41) is 9.12. The molecule has 0 radical (unpaired) electrons. The van der Waals surface area contributed by atoms with Crippen molar-refractivity contribution in [2.24, 2.45) is 16.7 Å². The van der Waals surface area contributed by atoms with Crippen LogP contribution >= 0.6 is 0 Å². The molecule has 0 aliphatic heterocycles. The molecule has 0 saturated carbocycles. The van der Waals surface area contributed by atoms with Crippen LogP contribution in [0.15, 0.2) is 11.6 Å². The Labute approximate surface area is 87.8 Å². The van der Waals surface area contributed by atoms with Gasteiger partial charge in [-0.2, -0.15) is 5.26 Å². The van der Waals surface area contributed by atoms with Crippen molar-refractivity contribution in [3.8, 4) is 6.07 Å². The quantitative estimate of drug-likeness (QED) is 0.532. The van der Waals surface area contributed by atoms with Crippen molar-refractivity contribution < 1.29 is 0 Å². The highest BCUT2D eigenvalue weighted by Gasteiger charge is 2.34. The van der Waals surface area contributed by atoms with Crippen LogP contribution in [0.3, 0.4) is 0 Å². The summed E-state index contributed by atoms with van der Waals surface area (Å²) in [5.74, 6) is 0.0884. The first-order chi connectivity index (χ1) is 6.27. The maximum Gasteiger partial charge on any atom is 0.0703 e. The van der Waals surface area contributed by atoms with E-state index >= 15 is 0 Å². The lowest BCUT2D eigenvalue weighted by Crippen LogP contribution is -2.28. The average Bonchev–Trinajstić information content (AvgIpc) is 2.01. The molecule has 14 heavy (non-hydrogen) atoms. The van der Waals surface area contributed by atoms with Crippen LogP contribution in [0.4, 0.5) is 0 Å². The van der Waals surface area contributed by atoms with Crippen molar-refractivity contribution in [2.75, 3.05) is 0 Å². The molecule has 1 aliphatic carbocycles. The number of nitrogens with zero attached hydrogens (tertiary/aromatic N) is 1. The molecule has 1 heteroatoms. The van der Waals surface area contributed by atoms with Crippen LogP contribution in [0, 0.1) is 28.1 Å². The molecule has 1 atom stereocenters. The predicted molar refractivity (Wildman–Crippen MR) is 59.7 cm³/mol. The Balaban J connectivity index is 2.97. The van der Waals surface area contributed by atoms with Gasteiger partial charge in [0.2, 0.25) is 0 Å². The Bertz CT molecular complexity index is 283. The van der Waals surface area contributed by atoms with Gasteiger partial charge >= 0.3 is 0 Å². The maximum atomic E-state index is 9.12. The van der Waals surface area contributed by atoms with Gasteiger partial charge < -0.3 is 0 Å². The fraction of sp³-hybridized carbons (Fsp3) is 0.769. The van der Waals surface area contributed by atoms with Gasteiger partial charge in [-0.05, 0) is 23.7 Å². The molecule has 1 aliphatic rings. The third-order valence-corrected chi connectivity index (χ3v) is 3.35. The molecular formula is C13H21N. The second-order valence-corrected chi connectivity index (χ2v) is 6.04. The largest absolute Gasteiger partial charge is 0.198 e. The fourth-order valence-electron chi connectivity index (χ4n) is 1.96. The van der Waals surface area contributed by atoms with E-state index in [4.69, 9.17) is 5.26 Å². The number of allylic oxidation sites excluding steroid dienone is 2. The Morgan fingerprint density at radius 3 is 2.43 bits per heavy atom. The van der Waals surface area contributed by atoms with Gasteiger partial charge in [-0.3, -0.25) is 0 Å². The first-order valence-corrected chi connectivity index (χ1v) is 5.38. The molecule has 0 aromatic heterocycles. The van der Waals surface area contributed by atoms with Gasteiger partial charge in [0, 0.05) is 0 Å². The lowest BCUT2D eigenvalue weighted by Gasteiger charge is -2.37. The molecule has 0 heterocycles. The first-order valence-electron chi connectivity index (χ1n) is 5.38. The summed E-state index contributed by atoms with van der Waals surface area (Å²) in [4.78, 5) is 0. The van der Waals surface area contributed by atoms with Gasteiger partial charge in [0.1, 0.15) is 0 Å². The van der Waals surface area contributed by atoms with Gasteiger partial charge in [0.25, 0.3) is 0 Å². The third kappa shape index (κ3) is 2.18. The van der Waals surface area contributed by atoms with E-state index in [-0.39, 0.29) is 16.7 Å². The van der Waals surface area contributed by atoms with E-state index in [2.05, 4.69) is 46.8 Å². The highest BCUT2D eigenvalue weighted by Crippen LogP contribution is 2.43. The Morgan fingerprint density at radius 2 is 2.00 bits per heavy atom. The lowest BCUT2D eigenvalue weighted by atomic mass is 9.67. The summed E-state index contributed by atoms with van der Waals surface area (Å²) >= 11 is 0. The van der Waals surface area contributed by atoms with Gasteiger partial charge in [-0.1, -0.05) is 46.3 Å². The Kier molecular flexibility index (Phi) is 2.76. The summed E-state index contributed by atoms with van der Waals surface area (Å²) in [7, 11) is 0. The minimum atomic E-state index is 0.0884. The molecule has 0 fully saturated rings. The van der Waals surface area contributed by atoms with Crippen molar-refractivity contribution in [1.29, 1.82) is 5.26 Å². The zero-order chi connectivity index (χ0) is 11.0. The number of nitriles is 1. The summed E-state index contributed by atoms with van der Waals surface area (Å²) in [5.41, 5.74) is 1.83. The number of hydrogen-bond acceptors (Lipinski definition) is 1. The van der Waals surface area contributed by atoms with Crippen LogP contribution in [0.2, 0.25) is 0 Å². The molecule has 0 bridgehead atoms. The van der Waals surface area contributed by atoms with E-state index in [9.17, 15) is 0 Å². The maximum absolute atomic E-state index is 9.12. The second-order valence-electron chi connectivity index (χ2n) is 6.04. The van der Waals surface area contributed by atoms with E-state index in [0.717, 1.165) is 12.8 Å². The van der Waals surface area contributed by atoms with Gasteiger partial charge in [-0.25, -0.2) is 0 Å². The molecule has 0 amide bonds. The number of hydrogen-bond donors (Lipinski definition) is 0. The van der Waals surface area contributed by atoms with Crippen LogP contribution in [0.5, 0.6) is 0 Å². The van der Waals surface area contributed by atoms with Crippen LogP contribution in [-0.4, -0.2) is 0 Å². The molecule has 0 saturated heterocycles. The monoisotopic (exact) mass is 191 g/mol. The first kappa shape index (κ1) is 11.3. The standard InChI is InChI=1S/C13H21N/c1-12(2,3)10-6-7-13(4,5)11(8-10)9-14/h8,11H,6-7H2,1-5H3. The van der Waals surface area contributed by atoms with Crippen molar-refractivity contribution in [3.63, 3.8) is 0 Å². The average molecular weight is 191 g/mol. The molecule has 0 spiro atoms. The summed E-state index contributed by atoms with van der Waals surface area (Å²) in [6, 6.07) is 2.42. The van der Waals surface area contributed by atoms with E-state index in [1.54, 1.807) is 0 Å². The molecule has 1 rings (SSSR count). The third-order valence-electron chi connectivity index (χ3n) is 3.35. The molecule has 1 unspecified atom stereocenters. The Hall–Kier alpha value is -0.770. The number of rotatable bonds is 0. The van der Waals surface area contributed by atoms with Crippen LogP contribution < -0.4 is 0 Å². The van der Waals surface area contributed by atoms with E-state index < -0.39 is 0 Å². The van der Waals surface area contributed by atoms with Gasteiger partial charge in [0.15, 0.2) is 0 Å². The highest BCUT2D eigenvalue weighted by molar-refractivity contribution is 5.22. The van der Waals surface area contributed by atoms with E-state index in [1.165, 1.54) is 5.57 Å². The molecule has 0 N–H and O–H groups in total. The topological polar surface area (TPSA) is 23.8 Å². The second kappa shape index (κ2) is 3.42. The van der Waals surface area contributed by atoms with E-state index in [1.807, 2.05) is 0 Å². The molecule has 78 valence electrons. The highest BCUT2D eigenvalue weighted by atomic mass is 14.4. The van der Waals surface area contributed by atoms with Crippen molar-refractivity contribution >= 4 is 0 Å². The summed E-state index contributed by atoms with van der Waals surface area (Å²) in [6.07, 6.45) is 4.48. The van der Waals surface area contributed by atoms with Crippen molar-refractivity contribution in [1.82, 2.24) is 0 Å². The molecule has 1 nitrogen and oxygen atoms in total. The SMILES string of the molecule is CC(C)(C)C1=CC(C#N)C(C)(C)CC1. The van der Waals surface area contributed by atoms with Crippen LogP contribution in [-0.2, 0) is 0 Å². The van der Waals surface area contributed by atoms with Crippen molar-refractivity contribution in [3.05, 3.63) is 11.6 Å². The minimum absolute atomic E-state index is 0.0884. The molecule has 0 aromatic carbocycles. The fourth-order valence-corrected chi connectivity index (χ4v) is 1.96. The lowest BCUT2D eigenvalue weighted by molar-refractivity contribution is 0.253. The normalized spacial score (nSPS) is 26.6. The van der Waals surface area contributed by atoms with Crippen molar-refractivity contribution in [2.45, 2.75) is 47.5 Å². The summed E-state index contributed by atoms with van der Waals surface area (Å²) in [6.45, 7) is 11.1.